The van der Waals surface area contributed by atoms with Crippen molar-refractivity contribution in [2.45, 2.75) is 38.9 Å². The lowest BCUT2D eigenvalue weighted by Gasteiger charge is -2.09. The van der Waals surface area contributed by atoms with E-state index in [0.717, 1.165) is 36.8 Å². The number of nitriles is 1. The number of aromatic hydroxyl groups is 1. The molecule has 0 radical (unpaired) electrons. The highest BCUT2D eigenvalue weighted by Crippen LogP contribution is 2.33. The summed E-state index contributed by atoms with van der Waals surface area (Å²) >= 11 is 0. The molecular weight excluding hydrogens is 403 g/mol. The van der Waals surface area contributed by atoms with Crippen molar-refractivity contribution in [3.05, 3.63) is 82.4 Å². The van der Waals surface area contributed by atoms with Gasteiger partial charge in [0.15, 0.2) is 0 Å². The van der Waals surface area contributed by atoms with Gasteiger partial charge in [0.2, 0.25) is 0 Å². The molecule has 3 aromatic rings. The quantitative estimate of drug-likeness (QED) is 0.453. The molecular formula is C24H20F3N3O. The second-order valence-electron chi connectivity index (χ2n) is 7.09. The van der Waals surface area contributed by atoms with Crippen molar-refractivity contribution >= 4 is 0 Å². The Morgan fingerprint density at radius 3 is 2.48 bits per heavy atom. The van der Waals surface area contributed by atoms with Crippen LogP contribution in [0.5, 0.6) is 5.75 Å². The van der Waals surface area contributed by atoms with Crippen molar-refractivity contribution in [2.24, 2.45) is 0 Å². The summed E-state index contributed by atoms with van der Waals surface area (Å²) in [6.45, 7) is 2.75. The Hall–Kier alpha value is -3.71. The summed E-state index contributed by atoms with van der Waals surface area (Å²) in [5.74, 6) is 5.88. The van der Waals surface area contributed by atoms with Crippen LogP contribution in [0.15, 0.2) is 48.8 Å². The Bertz CT molecular complexity index is 1180. The van der Waals surface area contributed by atoms with E-state index >= 15 is 0 Å². The van der Waals surface area contributed by atoms with Gasteiger partial charge >= 0.3 is 6.18 Å². The number of phenols is 1. The maximum atomic E-state index is 13.3. The molecule has 0 fully saturated rings. The number of aryl methyl sites for hydroxylation is 3. The van der Waals surface area contributed by atoms with Gasteiger partial charge in [0.05, 0.1) is 17.2 Å². The highest BCUT2D eigenvalue weighted by Gasteiger charge is 2.33. The number of hydrogen-bond acceptors (Lipinski definition) is 3. The third kappa shape index (κ3) is 5.67. The average molecular weight is 423 g/mol. The van der Waals surface area contributed by atoms with Gasteiger partial charge in [-0.1, -0.05) is 11.8 Å². The average Bonchev–Trinajstić information content (AvgIpc) is 3.14. The van der Waals surface area contributed by atoms with E-state index in [2.05, 4.69) is 27.5 Å². The molecule has 3 rings (SSSR count). The molecule has 158 valence electrons. The maximum absolute atomic E-state index is 13.3. The van der Waals surface area contributed by atoms with Gasteiger partial charge in [-0.25, -0.2) is 4.98 Å². The van der Waals surface area contributed by atoms with Crippen LogP contribution in [0.1, 0.15) is 46.5 Å². The molecule has 0 spiro atoms. The Morgan fingerprint density at radius 2 is 1.81 bits per heavy atom. The van der Waals surface area contributed by atoms with E-state index in [4.69, 9.17) is 0 Å². The monoisotopic (exact) mass is 423 g/mol. The first-order valence-electron chi connectivity index (χ1n) is 9.71. The van der Waals surface area contributed by atoms with Gasteiger partial charge in [-0.2, -0.15) is 18.4 Å². The highest BCUT2D eigenvalue weighted by atomic mass is 19.4. The Labute approximate surface area is 178 Å². The largest absolute Gasteiger partial charge is 0.508 e. The minimum atomic E-state index is -4.62. The molecule has 0 aliphatic carbocycles. The van der Waals surface area contributed by atoms with Gasteiger partial charge in [0.25, 0.3) is 0 Å². The first-order chi connectivity index (χ1) is 14.8. The molecule has 1 aromatic heterocycles. The molecule has 0 unspecified atom stereocenters. The zero-order chi connectivity index (χ0) is 22.4. The van der Waals surface area contributed by atoms with Crippen LogP contribution in [0, 0.1) is 30.1 Å². The fourth-order valence-corrected chi connectivity index (χ4v) is 3.24. The number of unbranched alkanes of at least 4 members (excludes halogenated alkanes) is 1. The zero-order valence-electron chi connectivity index (χ0n) is 16.9. The van der Waals surface area contributed by atoms with Crippen LogP contribution in [0.25, 0.3) is 0 Å². The van der Waals surface area contributed by atoms with Crippen LogP contribution in [-0.4, -0.2) is 14.7 Å². The molecule has 7 heteroatoms. The minimum absolute atomic E-state index is 0.212. The summed E-state index contributed by atoms with van der Waals surface area (Å²) in [5, 5.41) is 18.6. The lowest BCUT2D eigenvalue weighted by atomic mass is 9.98. The maximum Gasteiger partial charge on any atom is 0.417 e. The zero-order valence-corrected chi connectivity index (χ0v) is 16.9. The van der Waals surface area contributed by atoms with Gasteiger partial charge in [-0.05, 0) is 68.1 Å². The number of nitrogens with zero attached hydrogens (tertiary/aromatic N) is 3. The lowest BCUT2D eigenvalue weighted by Crippen LogP contribution is -2.07. The van der Waals surface area contributed by atoms with E-state index < -0.39 is 17.5 Å². The molecule has 0 bridgehead atoms. The van der Waals surface area contributed by atoms with E-state index in [1.807, 2.05) is 13.1 Å². The van der Waals surface area contributed by atoms with Crippen LogP contribution in [-0.2, 0) is 19.1 Å². The number of imidazole rings is 1. The topological polar surface area (TPSA) is 61.8 Å². The number of benzene rings is 2. The fraction of sp³-hybridized carbons (Fsp3) is 0.250. The summed E-state index contributed by atoms with van der Waals surface area (Å²) in [4.78, 5) is 4.19. The van der Waals surface area contributed by atoms with E-state index in [1.165, 1.54) is 6.07 Å². The molecule has 0 aliphatic rings. The van der Waals surface area contributed by atoms with Crippen LogP contribution < -0.4 is 0 Å². The molecule has 4 nitrogen and oxygen atoms in total. The normalized spacial score (nSPS) is 10.9. The summed E-state index contributed by atoms with van der Waals surface area (Å²) in [6, 6.07) is 10.1. The van der Waals surface area contributed by atoms with Gasteiger partial charge in [0, 0.05) is 30.1 Å². The van der Waals surface area contributed by atoms with Crippen molar-refractivity contribution < 1.29 is 18.3 Å². The highest BCUT2D eigenvalue weighted by molar-refractivity contribution is 5.53. The summed E-state index contributed by atoms with van der Waals surface area (Å²) in [7, 11) is 0. The van der Waals surface area contributed by atoms with Crippen molar-refractivity contribution in [2.75, 3.05) is 0 Å². The molecule has 31 heavy (non-hydrogen) atoms. The number of rotatable bonds is 5. The minimum Gasteiger partial charge on any atom is -0.508 e. The first kappa shape index (κ1) is 22.0. The SMILES string of the molecule is Cc1nccn1CCCCc1cc(C#N)ccc1C#Cc1ccc(O)cc1C(F)(F)F. The molecule has 0 saturated heterocycles. The standard InChI is InChI=1S/C24H20F3N3O/c1-17-29-11-13-30(17)12-3-2-4-21-14-18(16-28)5-6-19(21)7-8-20-9-10-22(31)15-23(20)24(25,26)27/h5-6,9-11,13-15,31H,2-4,12H2,1H3. The van der Waals surface area contributed by atoms with Crippen molar-refractivity contribution in [1.82, 2.24) is 9.55 Å². The fourth-order valence-electron chi connectivity index (χ4n) is 3.24. The van der Waals surface area contributed by atoms with E-state index in [1.54, 1.807) is 24.4 Å². The lowest BCUT2D eigenvalue weighted by molar-refractivity contribution is -0.137. The second kappa shape index (κ2) is 9.40. The number of phenolic OH excluding ortho intramolecular Hbond substituents is 1. The number of aromatic nitrogens is 2. The molecule has 2 aromatic carbocycles. The van der Waals surface area contributed by atoms with Crippen molar-refractivity contribution in [3.8, 4) is 23.7 Å². The van der Waals surface area contributed by atoms with Crippen molar-refractivity contribution in [3.63, 3.8) is 0 Å². The van der Waals surface area contributed by atoms with Crippen LogP contribution >= 0.6 is 0 Å². The Morgan fingerprint density at radius 1 is 1.06 bits per heavy atom. The first-order valence-corrected chi connectivity index (χ1v) is 9.71. The third-order valence-electron chi connectivity index (χ3n) is 4.89. The number of alkyl halides is 3. The summed E-state index contributed by atoms with van der Waals surface area (Å²) < 4.78 is 41.8. The van der Waals surface area contributed by atoms with Gasteiger partial charge in [-0.3, -0.25) is 0 Å². The third-order valence-corrected chi connectivity index (χ3v) is 4.89. The smallest absolute Gasteiger partial charge is 0.417 e. The molecule has 1 N–H and O–H groups in total. The van der Waals surface area contributed by atoms with Gasteiger partial charge in [0.1, 0.15) is 11.6 Å². The van der Waals surface area contributed by atoms with Crippen LogP contribution in [0.2, 0.25) is 0 Å². The van der Waals surface area contributed by atoms with Crippen LogP contribution in [0.3, 0.4) is 0 Å². The Kier molecular flexibility index (Phi) is 6.67. The summed E-state index contributed by atoms with van der Waals surface area (Å²) in [6.07, 6.45) is 1.40. The number of halogens is 3. The molecule has 0 aliphatic heterocycles. The molecule has 0 saturated carbocycles. The molecule has 0 amide bonds. The predicted octanol–water partition coefficient (Wildman–Crippen LogP) is 5.21. The molecule has 0 atom stereocenters. The van der Waals surface area contributed by atoms with E-state index in [-0.39, 0.29) is 5.56 Å². The van der Waals surface area contributed by atoms with Crippen molar-refractivity contribution in [1.29, 1.82) is 5.26 Å². The van der Waals surface area contributed by atoms with Gasteiger partial charge in [-0.15, -0.1) is 0 Å². The Balaban J connectivity index is 1.82. The second-order valence-corrected chi connectivity index (χ2v) is 7.09. The van der Waals surface area contributed by atoms with E-state index in [0.29, 0.717) is 23.6 Å². The van der Waals surface area contributed by atoms with E-state index in [9.17, 15) is 23.5 Å². The van der Waals surface area contributed by atoms with Gasteiger partial charge < -0.3 is 9.67 Å². The predicted molar refractivity (Wildman–Crippen MR) is 110 cm³/mol. The number of hydrogen-bond donors (Lipinski definition) is 1. The van der Waals surface area contributed by atoms with Crippen LogP contribution in [0.4, 0.5) is 13.2 Å². The molecule has 1 heterocycles. The summed E-state index contributed by atoms with van der Waals surface area (Å²) in [5.41, 5.74) is 0.689.